The summed E-state index contributed by atoms with van der Waals surface area (Å²) in [4.78, 5) is -0.192. The normalized spacial score (nSPS) is 9.60. The van der Waals surface area contributed by atoms with E-state index in [0.29, 0.717) is 0 Å². The molecule has 1 nitrogen and oxygen atoms in total. The topological polar surface area (TPSA) is 26.0 Å². The molecule has 10 heavy (non-hydrogen) atoms. The molecule has 0 aromatic rings. The highest BCUT2D eigenvalue weighted by Crippen LogP contribution is 2.11. The lowest BCUT2D eigenvalue weighted by Crippen LogP contribution is -1.98. The lowest BCUT2D eigenvalue weighted by atomic mass is 10.2. The second-order valence-electron chi connectivity index (χ2n) is 2.03. The molecule has 0 saturated heterocycles. The molecule has 0 aromatic carbocycles. The van der Waals surface area contributed by atoms with Crippen molar-refractivity contribution in [2.45, 2.75) is 30.5 Å². The maximum Gasteiger partial charge on any atom is 0.107 e. The van der Waals surface area contributed by atoms with E-state index in [1.54, 1.807) is 0 Å². The quantitative estimate of drug-likeness (QED) is 0.543. The predicted molar refractivity (Wildman–Crippen MR) is 50.3 cm³/mol. The van der Waals surface area contributed by atoms with Crippen molar-refractivity contribution in [2.75, 3.05) is 6.54 Å². The molecule has 0 fully saturated rings. The minimum Gasteiger partial charge on any atom is -0.330 e. The monoisotopic (exact) mass is 205 g/mol. The average molecular weight is 207 g/mol. The molecule has 0 aliphatic carbocycles. The van der Waals surface area contributed by atoms with Crippen LogP contribution in [0, 0.1) is 0 Å². The highest BCUT2D eigenvalue weighted by molar-refractivity contribution is 6.44. The van der Waals surface area contributed by atoms with Crippen molar-refractivity contribution >= 4 is 35.6 Å². The van der Waals surface area contributed by atoms with Crippen molar-refractivity contribution in [1.29, 1.82) is 0 Å². The van der Waals surface area contributed by atoms with Crippen molar-refractivity contribution in [3.63, 3.8) is 0 Å². The van der Waals surface area contributed by atoms with E-state index in [2.05, 4.69) is 0 Å². The van der Waals surface area contributed by atoms with Gasteiger partial charge in [0.05, 0.1) is 0 Å². The second kappa shape index (κ2) is 9.83. The Morgan fingerprint density at radius 1 is 1.10 bits per heavy atom. The Balaban J connectivity index is 0. The SMILES string of the molecule is Cl.NCCCCCC(Cl)Cl. The van der Waals surface area contributed by atoms with E-state index in [-0.39, 0.29) is 17.2 Å². The van der Waals surface area contributed by atoms with Crippen LogP contribution in [0.3, 0.4) is 0 Å². The minimum absolute atomic E-state index is 0. The third-order valence-electron chi connectivity index (χ3n) is 1.13. The Morgan fingerprint density at radius 3 is 2.10 bits per heavy atom. The van der Waals surface area contributed by atoms with Crippen molar-refractivity contribution in [3.8, 4) is 0 Å². The number of unbranched alkanes of at least 4 members (excludes halogenated alkanes) is 2. The first-order chi connectivity index (χ1) is 4.27. The molecule has 0 rings (SSSR count). The fraction of sp³-hybridized carbons (Fsp3) is 1.00. The van der Waals surface area contributed by atoms with Crippen LogP contribution in [-0.4, -0.2) is 11.4 Å². The molecular weight excluding hydrogens is 192 g/mol. The van der Waals surface area contributed by atoms with Gasteiger partial charge >= 0.3 is 0 Å². The molecule has 0 atom stereocenters. The highest BCUT2D eigenvalue weighted by atomic mass is 35.5. The second-order valence-corrected chi connectivity index (χ2v) is 3.31. The number of alkyl halides is 2. The first-order valence-corrected chi connectivity index (χ1v) is 4.13. The number of nitrogens with two attached hydrogens (primary N) is 1. The zero-order valence-electron chi connectivity index (χ0n) is 5.85. The molecule has 0 bridgehead atoms. The van der Waals surface area contributed by atoms with E-state index in [9.17, 15) is 0 Å². The lowest BCUT2D eigenvalue weighted by molar-refractivity contribution is 0.667. The van der Waals surface area contributed by atoms with Gasteiger partial charge in [0.15, 0.2) is 0 Å². The molecule has 0 aromatic heterocycles. The van der Waals surface area contributed by atoms with Crippen LogP contribution in [0.15, 0.2) is 0 Å². The van der Waals surface area contributed by atoms with E-state index >= 15 is 0 Å². The van der Waals surface area contributed by atoms with Gasteiger partial charge < -0.3 is 5.73 Å². The molecule has 0 unspecified atom stereocenters. The van der Waals surface area contributed by atoms with Gasteiger partial charge in [0, 0.05) is 0 Å². The summed E-state index contributed by atoms with van der Waals surface area (Å²) in [6, 6.07) is 0. The van der Waals surface area contributed by atoms with Crippen LogP contribution in [0.4, 0.5) is 0 Å². The fourth-order valence-electron chi connectivity index (χ4n) is 0.620. The summed E-state index contributed by atoms with van der Waals surface area (Å²) < 4.78 is 0. The Bertz CT molecular complexity index is 59.0. The zero-order chi connectivity index (χ0) is 7.11. The maximum atomic E-state index is 5.49. The van der Waals surface area contributed by atoms with Gasteiger partial charge in [-0.25, -0.2) is 0 Å². The average Bonchev–Trinajstić information content (AvgIpc) is 1.80. The highest BCUT2D eigenvalue weighted by Gasteiger charge is 1.96. The van der Waals surface area contributed by atoms with Gasteiger partial charge in [0.2, 0.25) is 0 Å². The van der Waals surface area contributed by atoms with Crippen LogP contribution in [0.1, 0.15) is 25.7 Å². The van der Waals surface area contributed by atoms with E-state index in [4.69, 9.17) is 28.9 Å². The predicted octanol–water partition coefficient (Wildman–Crippen LogP) is 2.73. The van der Waals surface area contributed by atoms with Crippen molar-refractivity contribution in [2.24, 2.45) is 5.73 Å². The summed E-state index contributed by atoms with van der Waals surface area (Å²) >= 11 is 11.0. The molecule has 0 heterocycles. The van der Waals surface area contributed by atoms with Gasteiger partial charge in [-0.3, -0.25) is 0 Å². The molecule has 0 spiro atoms. The Morgan fingerprint density at radius 2 is 1.70 bits per heavy atom. The van der Waals surface area contributed by atoms with Crippen LogP contribution in [-0.2, 0) is 0 Å². The number of halogens is 3. The first kappa shape index (κ1) is 13.4. The summed E-state index contributed by atoms with van der Waals surface area (Å²) in [6.07, 6.45) is 4.21. The molecule has 64 valence electrons. The van der Waals surface area contributed by atoms with Crippen LogP contribution < -0.4 is 5.73 Å². The Labute approximate surface area is 78.7 Å². The molecule has 0 amide bonds. The van der Waals surface area contributed by atoms with Gasteiger partial charge in [-0.15, -0.1) is 35.6 Å². The molecule has 0 aliphatic rings. The summed E-state index contributed by atoms with van der Waals surface area (Å²) in [5.74, 6) is 0. The molecular formula is C6H14Cl3N. The fourth-order valence-corrected chi connectivity index (χ4v) is 0.928. The summed E-state index contributed by atoms with van der Waals surface area (Å²) in [5.41, 5.74) is 5.28. The summed E-state index contributed by atoms with van der Waals surface area (Å²) in [6.45, 7) is 0.773. The number of hydrogen-bond acceptors (Lipinski definition) is 1. The van der Waals surface area contributed by atoms with Crippen LogP contribution >= 0.6 is 35.6 Å². The van der Waals surface area contributed by atoms with Crippen molar-refractivity contribution < 1.29 is 0 Å². The van der Waals surface area contributed by atoms with Crippen molar-refractivity contribution in [1.82, 2.24) is 0 Å². The van der Waals surface area contributed by atoms with Gasteiger partial charge in [0.1, 0.15) is 4.84 Å². The molecule has 0 aliphatic heterocycles. The largest absolute Gasteiger partial charge is 0.330 e. The van der Waals surface area contributed by atoms with Crippen LogP contribution in [0.5, 0.6) is 0 Å². The number of hydrogen-bond donors (Lipinski definition) is 1. The van der Waals surface area contributed by atoms with Gasteiger partial charge in [-0.05, 0) is 19.4 Å². The first-order valence-electron chi connectivity index (χ1n) is 3.25. The Hall–Kier alpha value is 0.830. The molecule has 0 saturated carbocycles. The minimum atomic E-state index is -0.192. The van der Waals surface area contributed by atoms with Crippen molar-refractivity contribution in [3.05, 3.63) is 0 Å². The molecule has 4 heteroatoms. The Kier molecular flexibility index (Phi) is 13.2. The summed E-state index contributed by atoms with van der Waals surface area (Å²) in [7, 11) is 0. The van der Waals surface area contributed by atoms with Crippen LogP contribution in [0.25, 0.3) is 0 Å². The van der Waals surface area contributed by atoms with Crippen LogP contribution in [0.2, 0.25) is 0 Å². The third-order valence-corrected chi connectivity index (χ3v) is 1.56. The zero-order valence-corrected chi connectivity index (χ0v) is 8.18. The maximum absolute atomic E-state index is 5.49. The van der Waals surface area contributed by atoms with Gasteiger partial charge in [-0.1, -0.05) is 12.8 Å². The standard InChI is InChI=1S/C6H13Cl2N.ClH/c7-6(8)4-2-1-3-5-9;/h6H,1-5,9H2;1H. The van der Waals surface area contributed by atoms with E-state index < -0.39 is 0 Å². The van der Waals surface area contributed by atoms with E-state index in [0.717, 1.165) is 32.2 Å². The lowest BCUT2D eigenvalue weighted by Gasteiger charge is -1.98. The van der Waals surface area contributed by atoms with E-state index in [1.807, 2.05) is 0 Å². The molecule has 0 radical (unpaired) electrons. The van der Waals surface area contributed by atoms with Gasteiger partial charge in [0.25, 0.3) is 0 Å². The third kappa shape index (κ3) is 11.6. The molecule has 2 N–H and O–H groups in total. The summed E-state index contributed by atoms with van der Waals surface area (Å²) in [5, 5.41) is 0. The number of rotatable bonds is 5. The van der Waals surface area contributed by atoms with Gasteiger partial charge in [-0.2, -0.15) is 0 Å². The smallest absolute Gasteiger partial charge is 0.107 e. The van der Waals surface area contributed by atoms with E-state index in [1.165, 1.54) is 0 Å².